The fraction of sp³-hybridized carbons (Fsp3) is 0.263. The zero-order valence-electron chi connectivity index (χ0n) is 13.4. The highest BCUT2D eigenvalue weighted by molar-refractivity contribution is 6.30. The summed E-state index contributed by atoms with van der Waals surface area (Å²) in [5.74, 6) is -0.439. The normalized spacial score (nSPS) is 17.2. The summed E-state index contributed by atoms with van der Waals surface area (Å²) < 4.78 is 5.41. The molecule has 0 radical (unpaired) electrons. The number of nitrogens with zero attached hydrogens (tertiary/aromatic N) is 1. The van der Waals surface area contributed by atoms with Crippen LogP contribution >= 0.6 is 11.6 Å². The number of hydrogen-bond acceptors (Lipinski definition) is 3. The van der Waals surface area contributed by atoms with E-state index in [0.717, 1.165) is 6.42 Å². The van der Waals surface area contributed by atoms with Crippen molar-refractivity contribution in [2.75, 3.05) is 11.4 Å². The van der Waals surface area contributed by atoms with E-state index in [4.69, 9.17) is 16.3 Å². The highest BCUT2D eigenvalue weighted by atomic mass is 35.5. The number of ether oxygens (including phenoxy) is 1. The lowest BCUT2D eigenvalue weighted by molar-refractivity contribution is -0.139. The molecule has 0 aliphatic carbocycles. The van der Waals surface area contributed by atoms with Crippen LogP contribution in [0.25, 0.3) is 0 Å². The van der Waals surface area contributed by atoms with E-state index in [0.29, 0.717) is 23.0 Å². The maximum atomic E-state index is 12.3. The number of amides is 1. The van der Waals surface area contributed by atoms with Gasteiger partial charge in [0, 0.05) is 23.7 Å². The fourth-order valence-corrected chi connectivity index (χ4v) is 2.94. The van der Waals surface area contributed by atoms with Crippen LogP contribution in [0.2, 0.25) is 5.02 Å². The predicted octanol–water partition coefficient (Wildman–Crippen LogP) is 3.86. The molecule has 0 unspecified atom stereocenters. The van der Waals surface area contributed by atoms with Crippen LogP contribution in [0.3, 0.4) is 0 Å². The third kappa shape index (κ3) is 3.60. The smallest absolute Gasteiger partial charge is 0.316 e. The van der Waals surface area contributed by atoms with E-state index in [9.17, 15) is 9.59 Å². The summed E-state index contributed by atoms with van der Waals surface area (Å²) in [4.78, 5) is 26.1. The van der Waals surface area contributed by atoms with E-state index in [1.165, 1.54) is 5.56 Å². The summed E-state index contributed by atoms with van der Waals surface area (Å²) in [6.07, 6.45) is 1.08. The fourth-order valence-electron chi connectivity index (χ4n) is 2.75. The Morgan fingerprint density at radius 1 is 1.25 bits per heavy atom. The van der Waals surface area contributed by atoms with Crippen molar-refractivity contribution in [3.8, 4) is 5.75 Å². The molecule has 1 atom stereocenters. The molecule has 24 heavy (non-hydrogen) atoms. The van der Waals surface area contributed by atoms with Crippen molar-refractivity contribution in [1.29, 1.82) is 0 Å². The molecular formula is C19H18ClNO3. The predicted molar refractivity (Wildman–Crippen MR) is 93.4 cm³/mol. The van der Waals surface area contributed by atoms with Crippen LogP contribution in [-0.4, -0.2) is 18.4 Å². The Kier molecular flexibility index (Phi) is 4.86. The van der Waals surface area contributed by atoms with Gasteiger partial charge in [0.25, 0.3) is 0 Å². The van der Waals surface area contributed by atoms with Gasteiger partial charge in [-0.05, 0) is 42.3 Å². The second kappa shape index (κ2) is 7.05. The Balaban J connectivity index is 1.67. The van der Waals surface area contributed by atoms with Gasteiger partial charge in [0.2, 0.25) is 5.91 Å². The Labute approximate surface area is 146 Å². The number of carbonyl (C=O) groups excluding carboxylic acids is 2. The van der Waals surface area contributed by atoms with Crippen LogP contribution in [0.15, 0.2) is 48.5 Å². The van der Waals surface area contributed by atoms with Gasteiger partial charge in [-0.3, -0.25) is 9.59 Å². The summed E-state index contributed by atoms with van der Waals surface area (Å²) in [6.45, 7) is 2.38. The molecule has 1 heterocycles. The van der Waals surface area contributed by atoms with E-state index in [1.807, 2.05) is 12.1 Å². The van der Waals surface area contributed by atoms with Gasteiger partial charge in [0.05, 0.1) is 5.92 Å². The van der Waals surface area contributed by atoms with Crippen LogP contribution in [0, 0.1) is 5.92 Å². The summed E-state index contributed by atoms with van der Waals surface area (Å²) >= 11 is 5.97. The van der Waals surface area contributed by atoms with Crippen molar-refractivity contribution in [3.05, 3.63) is 59.1 Å². The summed E-state index contributed by atoms with van der Waals surface area (Å²) in [6, 6.07) is 14.5. The van der Waals surface area contributed by atoms with E-state index >= 15 is 0 Å². The Bertz CT molecular complexity index is 757. The summed E-state index contributed by atoms with van der Waals surface area (Å²) in [5, 5.41) is 0.558. The van der Waals surface area contributed by atoms with Gasteiger partial charge in [-0.15, -0.1) is 0 Å². The number of carbonyl (C=O) groups is 2. The standard InChI is InChI=1S/C19H18ClNO3/c1-2-13-6-8-17(9-7-13)24-19(23)14-10-18(22)21(12-14)16-5-3-4-15(20)11-16/h3-9,11,14H,2,10,12H2,1H3/t14-/m1/s1. The number of hydrogen-bond donors (Lipinski definition) is 0. The van der Waals surface area contributed by atoms with Gasteiger partial charge in [-0.2, -0.15) is 0 Å². The molecule has 0 bridgehead atoms. The van der Waals surface area contributed by atoms with Crippen molar-refractivity contribution >= 4 is 29.2 Å². The lowest BCUT2D eigenvalue weighted by Crippen LogP contribution is -2.27. The minimum absolute atomic E-state index is 0.0967. The van der Waals surface area contributed by atoms with Crippen LogP contribution in [0.1, 0.15) is 18.9 Å². The van der Waals surface area contributed by atoms with Crippen LogP contribution in [-0.2, 0) is 16.0 Å². The molecule has 1 fully saturated rings. The molecule has 5 heteroatoms. The first-order chi connectivity index (χ1) is 11.6. The lowest BCUT2D eigenvalue weighted by atomic mass is 10.1. The van der Waals surface area contributed by atoms with E-state index in [2.05, 4.69) is 6.92 Å². The molecule has 1 aliphatic rings. The number of halogens is 1. The molecule has 3 rings (SSSR count). The van der Waals surface area contributed by atoms with Gasteiger partial charge < -0.3 is 9.64 Å². The largest absolute Gasteiger partial charge is 0.426 e. The van der Waals surface area contributed by atoms with Crippen molar-refractivity contribution in [2.45, 2.75) is 19.8 Å². The van der Waals surface area contributed by atoms with Crippen LogP contribution in [0.5, 0.6) is 5.75 Å². The minimum Gasteiger partial charge on any atom is -0.426 e. The number of anilines is 1. The first-order valence-electron chi connectivity index (χ1n) is 7.93. The molecule has 1 amide bonds. The first kappa shape index (κ1) is 16.5. The van der Waals surface area contributed by atoms with Crippen molar-refractivity contribution in [1.82, 2.24) is 0 Å². The molecule has 1 aliphatic heterocycles. The first-order valence-corrected chi connectivity index (χ1v) is 8.31. The quantitative estimate of drug-likeness (QED) is 0.625. The molecule has 1 saturated heterocycles. The highest BCUT2D eigenvalue weighted by Crippen LogP contribution is 2.28. The molecule has 2 aromatic rings. The maximum absolute atomic E-state index is 12.3. The van der Waals surface area contributed by atoms with Crippen molar-refractivity contribution in [3.63, 3.8) is 0 Å². The third-order valence-corrected chi connectivity index (χ3v) is 4.36. The SMILES string of the molecule is CCc1ccc(OC(=O)[C@@H]2CC(=O)N(c3cccc(Cl)c3)C2)cc1. The van der Waals surface area contributed by atoms with Crippen molar-refractivity contribution < 1.29 is 14.3 Å². The monoisotopic (exact) mass is 343 g/mol. The molecule has 0 N–H and O–H groups in total. The summed E-state index contributed by atoms with van der Waals surface area (Å²) in [5.41, 5.74) is 1.88. The average Bonchev–Trinajstić information content (AvgIpc) is 2.97. The van der Waals surface area contributed by atoms with Gasteiger partial charge in [0.1, 0.15) is 5.75 Å². The van der Waals surface area contributed by atoms with Crippen LogP contribution in [0.4, 0.5) is 5.69 Å². The van der Waals surface area contributed by atoms with Gasteiger partial charge >= 0.3 is 5.97 Å². The van der Waals surface area contributed by atoms with E-state index in [-0.39, 0.29) is 18.3 Å². The molecular weight excluding hydrogens is 326 g/mol. The Hall–Kier alpha value is -2.33. The van der Waals surface area contributed by atoms with Gasteiger partial charge in [-0.1, -0.05) is 36.7 Å². The number of aryl methyl sites for hydroxylation is 1. The van der Waals surface area contributed by atoms with Crippen LogP contribution < -0.4 is 9.64 Å². The lowest BCUT2D eigenvalue weighted by Gasteiger charge is -2.16. The number of rotatable bonds is 4. The third-order valence-electron chi connectivity index (χ3n) is 4.13. The molecule has 124 valence electrons. The maximum Gasteiger partial charge on any atom is 0.316 e. The number of benzene rings is 2. The topological polar surface area (TPSA) is 46.6 Å². The zero-order valence-corrected chi connectivity index (χ0v) is 14.1. The molecule has 0 spiro atoms. The molecule has 0 saturated carbocycles. The second-order valence-electron chi connectivity index (χ2n) is 5.80. The van der Waals surface area contributed by atoms with Gasteiger partial charge in [-0.25, -0.2) is 0 Å². The minimum atomic E-state index is -0.470. The summed E-state index contributed by atoms with van der Waals surface area (Å²) in [7, 11) is 0. The molecule has 4 nitrogen and oxygen atoms in total. The average molecular weight is 344 g/mol. The Morgan fingerprint density at radius 2 is 2.00 bits per heavy atom. The molecule has 0 aromatic heterocycles. The molecule has 2 aromatic carbocycles. The Morgan fingerprint density at radius 3 is 2.67 bits per heavy atom. The zero-order chi connectivity index (χ0) is 17.1. The second-order valence-corrected chi connectivity index (χ2v) is 6.24. The number of esters is 1. The van der Waals surface area contributed by atoms with Gasteiger partial charge in [0.15, 0.2) is 0 Å². The van der Waals surface area contributed by atoms with E-state index < -0.39 is 5.92 Å². The highest BCUT2D eigenvalue weighted by Gasteiger charge is 2.36. The van der Waals surface area contributed by atoms with E-state index in [1.54, 1.807) is 41.3 Å². The van der Waals surface area contributed by atoms with Crippen molar-refractivity contribution in [2.24, 2.45) is 5.92 Å².